The van der Waals surface area contributed by atoms with Gasteiger partial charge in [0.25, 0.3) is 0 Å². The molecule has 6 heteroatoms. The van der Waals surface area contributed by atoms with Crippen LogP contribution in [0.25, 0.3) is 0 Å². The zero-order valence-corrected chi connectivity index (χ0v) is 18.4. The predicted molar refractivity (Wildman–Crippen MR) is 118 cm³/mol. The summed E-state index contributed by atoms with van der Waals surface area (Å²) >= 11 is 0. The molecule has 0 bridgehead atoms. The lowest BCUT2D eigenvalue weighted by Crippen LogP contribution is -2.42. The van der Waals surface area contributed by atoms with Gasteiger partial charge in [-0.3, -0.25) is 4.99 Å². The van der Waals surface area contributed by atoms with Crippen molar-refractivity contribution in [2.75, 3.05) is 26.2 Å². The Morgan fingerprint density at radius 3 is 2.73 bits per heavy atom. The maximum absolute atomic E-state index is 10.3. The highest BCUT2D eigenvalue weighted by atomic mass is 127. The number of hydrogen-bond acceptors (Lipinski definition) is 3. The van der Waals surface area contributed by atoms with Crippen LogP contribution in [0, 0.1) is 5.41 Å². The largest absolute Gasteiger partial charge is 0.392 e. The van der Waals surface area contributed by atoms with Crippen molar-refractivity contribution in [3.8, 4) is 0 Å². The summed E-state index contributed by atoms with van der Waals surface area (Å²) in [6, 6.07) is 10.2. The quantitative estimate of drug-likeness (QED) is 0.234. The standard InChI is InChI=1S/C20H33N3O2.HI/c1-3-21-19(23-16-20(2)12-8-7-11-18(20)24)22-13-14-25-15-17-9-5-4-6-10-17;/h4-6,9-10,18,24H,3,7-8,11-16H2,1-2H3,(H2,21,22,23);1H. The molecule has 2 rings (SSSR count). The summed E-state index contributed by atoms with van der Waals surface area (Å²) in [5.41, 5.74) is 1.08. The van der Waals surface area contributed by atoms with Gasteiger partial charge in [0.15, 0.2) is 5.96 Å². The third-order valence-corrected chi connectivity index (χ3v) is 4.87. The van der Waals surface area contributed by atoms with E-state index in [0.717, 1.165) is 31.8 Å². The number of ether oxygens (including phenoxy) is 1. The van der Waals surface area contributed by atoms with Gasteiger partial charge in [-0.25, -0.2) is 0 Å². The van der Waals surface area contributed by atoms with E-state index in [-0.39, 0.29) is 35.5 Å². The molecule has 0 aliphatic heterocycles. The van der Waals surface area contributed by atoms with Gasteiger partial charge in [-0.15, -0.1) is 24.0 Å². The molecule has 0 radical (unpaired) electrons. The molecule has 0 saturated heterocycles. The van der Waals surface area contributed by atoms with Gasteiger partial charge < -0.3 is 20.5 Å². The first-order valence-electron chi connectivity index (χ1n) is 9.46. The van der Waals surface area contributed by atoms with E-state index in [2.05, 4.69) is 36.6 Å². The molecule has 1 saturated carbocycles. The molecule has 3 N–H and O–H groups in total. The van der Waals surface area contributed by atoms with Crippen LogP contribution in [0.2, 0.25) is 0 Å². The number of aliphatic imine (C=N–C) groups is 1. The zero-order valence-electron chi connectivity index (χ0n) is 16.0. The molecule has 2 atom stereocenters. The van der Waals surface area contributed by atoms with Gasteiger partial charge in [-0.2, -0.15) is 0 Å². The van der Waals surface area contributed by atoms with Crippen molar-refractivity contribution in [1.82, 2.24) is 10.6 Å². The summed E-state index contributed by atoms with van der Waals surface area (Å²) in [5.74, 6) is 0.796. The smallest absolute Gasteiger partial charge is 0.191 e. The van der Waals surface area contributed by atoms with E-state index in [0.29, 0.717) is 26.3 Å². The third kappa shape index (κ3) is 7.80. The lowest BCUT2D eigenvalue weighted by atomic mass is 9.73. The van der Waals surface area contributed by atoms with Gasteiger partial charge in [-0.05, 0) is 25.3 Å². The van der Waals surface area contributed by atoms with Crippen LogP contribution in [0.4, 0.5) is 0 Å². The second-order valence-electron chi connectivity index (χ2n) is 7.08. The maximum atomic E-state index is 10.3. The first kappa shape index (κ1) is 23.2. The van der Waals surface area contributed by atoms with Crippen LogP contribution in [0.3, 0.4) is 0 Å². The summed E-state index contributed by atoms with van der Waals surface area (Å²) in [5, 5.41) is 16.9. The number of nitrogens with zero attached hydrogens (tertiary/aromatic N) is 1. The van der Waals surface area contributed by atoms with Crippen LogP contribution in [-0.4, -0.2) is 43.4 Å². The lowest BCUT2D eigenvalue weighted by molar-refractivity contribution is 0.00715. The minimum Gasteiger partial charge on any atom is -0.392 e. The summed E-state index contributed by atoms with van der Waals surface area (Å²) in [7, 11) is 0. The number of nitrogens with one attached hydrogen (secondary N) is 2. The molecule has 1 aliphatic rings. The maximum Gasteiger partial charge on any atom is 0.191 e. The summed E-state index contributed by atoms with van der Waals surface area (Å²) < 4.78 is 5.69. The number of aliphatic hydroxyl groups excluding tert-OH is 1. The molecule has 5 nitrogen and oxygen atoms in total. The van der Waals surface area contributed by atoms with Gasteiger partial charge in [0.2, 0.25) is 0 Å². The van der Waals surface area contributed by atoms with Crippen molar-refractivity contribution in [2.24, 2.45) is 10.4 Å². The molecule has 148 valence electrons. The van der Waals surface area contributed by atoms with Crippen LogP contribution >= 0.6 is 24.0 Å². The molecule has 1 aromatic carbocycles. The second-order valence-corrected chi connectivity index (χ2v) is 7.08. The predicted octanol–water partition coefficient (Wildman–Crippen LogP) is 3.32. The summed E-state index contributed by atoms with van der Waals surface area (Å²) in [4.78, 5) is 4.69. The molecule has 1 fully saturated rings. The Labute approximate surface area is 175 Å². The van der Waals surface area contributed by atoms with E-state index >= 15 is 0 Å². The van der Waals surface area contributed by atoms with E-state index in [1.807, 2.05) is 18.2 Å². The Balaban J connectivity index is 0.00000338. The van der Waals surface area contributed by atoms with Crippen molar-refractivity contribution in [1.29, 1.82) is 0 Å². The van der Waals surface area contributed by atoms with Crippen molar-refractivity contribution in [2.45, 2.75) is 52.2 Å². The molecule has 0 spiro atoms. The molecular formula is C20H34IN3O2. The van der Waals surface area contributed by atoms with E-state index < -0.39 is 0 Å². The molecule has 2 unspecified atom stereocenters. The fourth-order valence-corrected chi connectivity index (χ4v) is 3.17. The van der Waals surface area contributed by atoms with Gasteiger partial charge in [0, 0.05) is 18.5 Å². The topological polar surface area (TPSA) is 65.9 Å². The average molecular weight is 475 g/mol. The fraction of sp³-hybridized carbons (Fsp3) is 0.650. The number of benzene rings is 1. The Bertz CT molecular complexity index is 527. The minimum atomic E-state index is -0.248. The number of hydrogen-bond donors (Lipinski definition) is 3. The zero-order chi connectivity index (χ0) is 18.0. The van der Waals surface area contributed by atoms with Crippen molar-refractivity contribution in [3.05, 3.63) is 35.9 Å². The molecule has 1 aromatic rings. The molecule has 0 heterocycles. The first-order valence-corrected chi connectivity index (χ1v) is 9.46. The highest BCUT2D eigenvalue weighted by Crippen LogP contribution is 2.36. The Morgan fingerprint density at radius 2 is 2.04 bits per heavy atom. The highest BCUT2D eigenvalue weighted by molar-refractivity contribution is 14.0. The van der Waals surface area contributed by atoms with Gasteiger partial charge in [-0.1, -0.05) is 50.1 Å². The summed E-state index contributed by atoms with van der Waals surface area (Å²) in [6.45, 7) is 7.62. The molecule has 0 aromatic heterocycles. The number of halogens is 1. The monoisotopic (exact) mass is 475 g/mol. The van der Waals surface area contributed by atoms with Gasteiger partial charge >= 0.3 is 0 Å². The van der Waals surface area contributed by atoms with Crippen LogP contribution in [-0.2, 0) is 11.3 Å². The van der Waals surface area contributed by atoms with E-state index in [9.17, 15) is 5.11 Å². The molecular weight excluding hydrogens is 441 g/mol. The van der Waals surface area contributed by atoms with Gasteiger partial charge in [0.05, 0.1) is 25.9 Å². The number of guanidine groups is 1. The van der Waals surface area contributed by atoms with Gasteiger partial charge in [0.1, 0.15) is 0 Å². The van der Waals surface area contributed by atoms with E-state index in [1.165, 1.54) is 12.0 Å². The van der Waals surface area contributed by atoms with Crippen LogP contribution in [0.5, 0.6) is 0 Å². The van der Waals surface area contributed by atoms with Crippen LogP contribution in [0.15, 0.2) is 35.3 Å². The Morgan fingerprint density at radius 1 is 1.27 bits per heavy atom. The van der Waals surface area contributed by atoms with E-state index in [1.54, 1.807) is 0 Å². The van der Waals surface area contributed by atoms with Crippen LogP contribution in [0.1, 0.15) is 45.1 Å². The van der Waals surface area contributed by atoms with Crippen LogP contribution < -0.4 is 10.6 Å². The average Bonchev–Trinajstić information content (AvgIpc) is 2.63. The first-order chi connectivity index (χ1) is 12.1. The highest BCUT2D eigenvalue weighted by Gasteiger charge is 2.35. The fourth-order valence-electron chi connectivity index (χ4n) is 3.17. The van der Waals surface area contributed by atoms with Crippen molar-refractivity contribution < 1.29 is 9.84 Å². The minimum absolute atomic E-state index is 0. The Hall–Kier alpha value is -0.860. The number of aliphatic hydroxyl groups is 1. The SMILES string of the molecule is CCNC(=NCC1(C)CCCCC1O)NCCOCc1ccccc1.I. The molecule has 0 amide bonds. The third-order valence-electron chi connectivity index (χ3n) is 4.87. The molecule has 26 heavy (non-hydrogen) atoms. The Kier molecular flexibility index (Phi) is 11.2. The second kappa shape index (κ2) is 12.5. The van der Waals surface area contributed by atoms with Crippen molar-refractivity contribution in [3.63, 3.8) is 0 Å². The molecule has 1 aliphatic carbocycles. The van der Waals surface area contributed by atoms with Crippen molar-refractivity contribution >= 4 is 29.9 Å². The lowest BCUT2D eigenvalue weighted by Gasteiger charge is -2.37. The van der Waals surface area contributed by atoms with E-state index in [4.69, 9.17) is 9.73 Å². The number of rotatable bonds is 8. The summed E-state index contributed by atoms with van der Waals surface area (Å²) in [6.07, 6.45) is 3.99. The normalized spacial score (nSPS) is 23.2.